The summed E-state index contributed by atoms with van der Waals surface area (Å²) in [7, 11) is -3.41. The molecule has 2 aliphatic rings. The molecule has 1 aromatic carbocycles. The van der Waals surface area contributed by atoms with E-state index >= 15 is 0 Å². The molecule has 2 saturated heterocycles. The largest absolute Gasteiger partial charge is 0.366 e. The second-order valence-corrected chi connectivity index (χ2v) is 8.33. The number of sulfonamides is 1. The van der Waals surface area contributed by atoms with Crippen LogP contribution in [-0.4, -0.2) is 57.5 Å². The highest BCUT2D eigenvalue weighted by Gasteiger charge is 2.26. The number of carbonyl (C=O) groups excluding carboxylic acids is 1. The number of morpholine rings is 1. The van der Waals surface area contributed by atoms with Crippen LogP contribution in [-0.2, 0) is 26.1 Å². The molecule has 2 fully saturated rings. The van der Waals surface area contributed by atoms with Crippen molar-refractivity contribution in [1.29, 1.82) is 0 Å². The zero-order valence-corrected chi connectivity index (χ0v) is 16.3. The molecule has 2 heterocycles. The number of rotatable bonds is 5. The maximum atomic E-state index is 12.6. The molecular formula is C17H26ClN3O4S. The van der Waals surface area contributed by atoms with E-state index in [1.165, 1.54) is 0 Å². The van der Waals surface area contributed by atoms with Gasteiger partial charge >= 0.3 is 0 Å². The highest BCUT2D eigenvalue weighted by Crippen LogP contribution is 2.20. The minimum absolute atomic E-state index is 0. The van der Waals surface area contributed by atoms with Crippen molar-refractivity contribution in [2.75, 3.05) is 32.8 Å². The lowest BCUT2D eigenvalue weighted by Gasteiger charge is -2.26. The molecule has 9 heteroatoms. The molecule has 2 aliphatic heterocycles. The second kappa shape index (κ2) is 9.66. The van der Waals surface area contributed by atoms with E-state index < -0.39 is 16.1 Å². The van der Waals surface area contributed by atoms with Gasteiger partial charge < -0.3 is 15.4 Å². The minimum atomic E-state index is -3.41. The van der Waals surface area contributed by atoms with Crippen LogP contribution in [0.25, 0.3) is 0 Å². The number of hydrogen-bond donors (Lipinski definition) is 2. The Labute approximate surface area is 160 Å². The number of benzene rings is 1. The quantitative estimate of drug-likeness (QED) is 0.762. The van der Waals surface area contributed by atoms with Crippen molar-refractivity contribution in [1.82, 2.24) is 14.9 Å². The summed E-state index contributed by atoms with van der Waals surface area (Å²) in [6, 6.07) is 6.72. The molecule has 0 radical (unpaired) electrons. The highest BCUT2D eigenvalue weighted by molar-refractivity contribution is 7.89. The summed E-state index contributed by atoms with van der Waals surface area (Å²) < 4.78 is 32.2. The zero-order valence-electron chi connectivity index (χ0n) is 14.6. The number of nitrogens with one attached hydrogen (secondary N) is 2. The van der Waals surface area contributed by atoms with Crippen LogP contribution >= 0.6 is 12.4 Å². The molecule has 1 atom stereocenters. The first-order valence-corrected chi connectivity index (χ1v) is 10.2. The van der Waals surface area contributed by atoms with E-state index in [1.807, 2.05) is 0 Å². The number of nitrogens with zero attached hydrogens (tertiary/aromatic N) is 1. The van der Waals surface area contributed by atoms with Gasteiger partial charge in [-0.2, -0.15) is 4.31 Å². The fraction of sp³-hybridized carbons (Fsp3) is 0.588. The molecule has 26 heavy (non-hydrogen) atoms. The number of piperidine rings is 1. The van der Waals surface area contributed by atoms with Crippen LogP contribution in [0.2, 0.25) is 0 Å². The summed E-state index contributed by atoms with van der Waals surface area (Å²) in [5, 5.41) is 5.94. The van der Waals surface area contributed by atoms with Crippen LogP contribution < -0.4 is 10.6 Å². The average Bonchev–Trinajstić information content (AvgIpc) is 2.68. The van der Waals surface area contributed by atoms with Crippen LogP contribution in [0.5, 0.6) is 0 Å². The predicted molar refractivity (Wildman–Crippen MR) is 101 cm³/mol. The molecule has 7 nitrogen and oxygen atoms in total. The Balaban J connectivity index is 0.00000243. The Morgan fingerprint density at radius 2 is 1.88 bits per heavy atom. The molecule has 146 valence electrons. The average molecular weight is 404 g/mol. The zero-order chi connectivity index (χ0) is 17.7. The van der Waals surface area contributed by atoms with Crippen molar-refractivity contribution in [3.8, 4) is 0 Å². The molecular weight excluding hydrogens is 378 g/mol. The molecule has 1 amide bonds. The van der Waals surface area contributed by atoms with Gasteiger partial charge in [0.05, 0.1) is 11.5 Å². The Hall–Kier alpha value is -1.19. The van der Waals surface area contributed by atoms with E-state index in [4.69, 9.17) is 4.74 Å². The van der Waals surface area contributed by atoms with E-state index in [0.29, 0.717) is 37.7 Å². The molecule has 0 aliphatic carbocycles. The SMILES string of the molecule is Cl.O=C(NCc1ccc(S(=O)(=O)N2CCCCC2)cc1)C1CNCCO1. The van der Waals surface area contributed by atoms with Gasteiger partial charge in [-0.25, -0.2) is 8.42 Å². The van der Waals surface area contributed by atoms with E-state index in [1.54, 1.807) is 28.6 Å². The van der Waals surface area contributed by atoms with Gasteiger partial charge in [-0.1, -0.05) is 18.6 Å². The Bertz CT molecular complexity index is 684. The maximum Gasteiger partial charge on any atom is 0.250 e. The van der Waals surface area contributed by atoms with Gasteiger partial charge in [0.25, 0.3) is 5.91 Å². The Morgan fingerprint density at radius 1 is 1.19 bits per heavy atom. The summed E-state index contributed by atoms with van der Waals surface area (Å²) in [6.07, 6.45) is 2.46. The molecule has 0 aromatic heterocycles. The van der Waals surface area contributed by atoms with Crippen LogP contribution in [0.3, 0.4) is 0 Å². The minimum Gasteiger partial charge on any atom is -0.366 e. The van der Waals surface area contributed by atoms with E-state index in [9.17, 15) is 13.2 Å². The van der Waals surface area contributed by atoms with Gasteiger partial charge in [0.15, 0.2) is 0 Å². The van der Waals surface area contributed by atoms with Gasteiger partial charge in [0, 0.05) is 32.7 Å². The van der Waals surface area contributed by atoms with Crippen molar-refractivity contribution in [3.05, 3.63) is 29.8 Å². The van der Waals surface area contributed by atoms with Gasteiger partial charge in [0.1, 0.15) is 6.10 Å². The van der Waals surface area contributed by atoms with Gasteiger partial charge in [-0.05, 0) is 30.5 Å². The van der Waals surface area contributed by atoms with Crippen molar-refractivity contribution < 1.29 is 17.9 Å². The number of amides is 1. The first-order chi connectivity index (χ1) is 12.1. The third-order valence-corrected chi connectivity index (χ3v) is 6.48. The lowest BCUT2D eigenvalue weighted by atomic mass is 10.2. The van der Waals surface area contributed by atoms with Crippen molar-refractivity contribution in [2.24, 2.45) is 0 Å². The third-order valence-electron chi connectivity index (χ3n) is 4.56. The maximum absolute atomic E-state index is 12.6. The third kappa shape index (κ3) is 5.17. The lowest BCUT2D eigenvalue weighted by molar-refractivity contribution is -0.134. The van der Waals surface area contributed by atoms with Crippen LogP contribution in [0.15, 0.2) is 29.2 Å². The predicted octanol–water partition coefficient (Wildman–Crippen LogP) is 0.888. The van der Waals surface area contributed by atoms with Crippen molar-refractivity contribution in [3.63, 3.8) is 0 Å². The van der Waals surface area contributed by atoms with E-state index in [2.05, 4.69) is 10.6 Å². The van der Waals surface area contributed by atoms with Crippen LogP contribution in [0.1, 0.15) is 24.8 Å². The number of hydrogen-bond acceptors (Lipinski definition) is 5. The second-order valence-electron chi connectivity index (χ2n) is 6.39. The molecule has 0 bridgehead atoms. The fourth-order valence-corrected chi connectivity index (χ4v) is 4.59. The molecule has 2 N–H and O–H groups in total. The van der Waals surface area contributed by atoms with E-state index in [-0.39, 0.29) is 18.3 Å². The van der Waals surface area contributed by atoms with Crippen molar-refractivity contribution >= 4 is 28.3 Å². The topological polar surface area (TPSA) is 87.7 Å². The van der Waals surface area contributed by atoms with E-state index in [0.717, 1.165) is 31.4 Å². The van der Waals surface area contributed by atoms with Gasteiger partial charge in [0.2, 0.25) is 10.0 Å². The molecule has 0 spiro atoms. The summed E-state index contributed by atoms with van der Waals surface area (Å²) in [5.74, 6) is -0.155. The summed E-state index contributed by atoms with van der Waals surface area (Å²) in [5.41, 5.74) is 0.856. The normalized spacial score (nSPS) is 21.6. The fourth-order valence-electron chi connectivity index (χ4n) is 3.07. The first-order valence-electron chi connectivity index (χ1n) is 8.76. The molecule has 1 aromatic rings. The van der Waals surface area contributed by atoms with Gasteiger partial charge in [-0.15, -0.1) is 12.4 Å². The molecule has 0 saturated carbocycles. The smallest absolute Gasteiger partial charge is 0.250 e. The summed E-state index contributed by atoms with van der Waals surface area (Å²) in [4.78, 5) is 12.3. The standard InChI is InChI=1S/C17H25N3O4S.ClH/c21-17(16-13-18-8-11-24-16)19-12-14-4-6-15(7-5-14)25(22,23)20-9-2-1-3-10-20;/h4-7,16,18H,1-3,8-13H2,(H,19,21);1H. The number of carbonyl (C=O) groups is 1. The lowest BCUT2D eigenvalue weighted by Crippen LogP contribution is -2.47. The summed E-state index contributed by atoms with van der Waals surface area (Å²) >= 11 is 0. The highest BCUT2D eigenvalue weighted by atomic mass is 35.5. The molecule has 1 unspecified atom stereocenters. The number of ether oxygens (including phenoxy) is 1. The van der Waals surface area contributed by atoms with Crippen LogP contribution in [0.4, 0.5) is 0 Å². The number of halogens is 1. The summed E-state index contributed by atoms with van der Waals surface area (Å²) in [6.45, 7) is 3.34. The van der Waals surface area contributed by atoms with Gasteiger partial charge in [-0.3, -0.25) is 4.79 Å². The Morgan fingerprint density at radius 3 is 2.50 bits per heavy atom. The Kier molecular flexibility index (Phi) is 7.85. The van der Waals surface area contributed by atoms with Crippen molar-refractivity contribution in [2.45, 2.75) is 36.8 Å². The molecule has 3 rings (SSSR count). The van der Waals surface area contributed by atoms with Crippen LogP contribution in [0, 0.1) is 0 Å². The monoisotopic (exact) mass is 403 g/mol. The first kappa shape index (κ1) is 21.1.